The summed E-state index contributed by atoms with van der Waals surface area (Å²) in [5.74, 6) is 1.25. The Morgan fingerprint density at radius 3 is 2.50 bits per heavy atom. The zero-order valence-corrected chi connectivity index (χ0v) is 16.4. The van der Waals surface area contributed by atoms with Crippen molar-refractivity contribution < 1.29 is 4.74 Å². The number of pyridine rings is 1. The number of hydrogen-bond donors (Lipinski definition) is 2. The summed E-state index contributed by atoms with van der Waals surface area (Å²) in [4.78, 5) is 5.44. The van der Waals surface area contributed by atoms with Crippen LogP contribution in [0.4, 0.5) is 11.4 Å². The van der Waals surface area contributed by atoms with Gasteiger partial charge in [0.05, 0.1) is 0 Å². The molecular formula is C20H20ClN3OS. The first-order valence-corrected chi connectivity index (χ1v) is 9.36. The fourth-order valence-electron chi connectivity index (χ4n) is 2.26. The molecule has 6 heteroatoms. The number of benzene rings is 2. The predicted octanol–water partition coefficient (Wildman–Crippen LogP) is 6.31. The van der Waals surface area contributed by atoms with Gasteiger partial charge in [-0.25, -0.2) is 4.98 Å². The molecule has 0 atom stereocenters. The monoisotopic (exact) mass is 385 g/mol. The molecule has 0 unspecified atom stereocenters. The molecule has 0 aliphatic rings. The van der Waals surface area contributed by atoms with Gasteiger partial charge in [-0.15, -0.1) is 0 Å². The Hall–Kier alpha value is -2.37. The largest absolute Gasteiger partial charge is 0.437 e. The highest BCUT2D eigenvalue weighted by Gasteiger charge is 2.09. The van der Waals surface area contributed by atoms with Crippen LogP contribution in [0.5, 0.6) is 11.6 Å². The standard InChI is InChI=1S/C20H20ClN3OS/c1-13-10-19(24-26-17-9-4-14(2)18(21)11-17)20(23-12-13)25-16-7-5-15(22-3)6-8-16/h4-12,22,24H,1-3H3. The summed E-state index contributed by atoms with van der Waals surface area (Å²) in [6.45, 7) is 3.98. The Balaban J connectivity index is 1.77. The van der Waals surface area contributed by atoms with Crippen LogP contribution in [0.2, 0.25) is 5.02 Å². The average Bonchev–Trinajstić information content (AvgIpc) is 2.65. The summed E-state index contributed by atoms with van der Waals surface area (Å²) in [6.07, 6.45) is 1.79. The second kappa shape index (κ2) is 8.34. The first-order chi connectivity index (χ1) is 12.5. The quantitative estimate of drug-likeness (QED) is 0.487. The Kier molecular flexibility index (Phi) is 5.91. The fourth-order valence-corrected chi connectivity index (χ4v) is 3.20. The summed E-state index contributed by atoms with van der Waals surface area (Å²) in [7, 11) is 1.88. The maximum absolute atomic E-state index is 6.20. The average molecular weight is 386 g/mol. The van der Waals surface area contributed by atoms with Gasteiger partial charge < -0.3 is 14.8 Å². The number of aryl methyl sites for hydroxylation is 2. The van der Waals surface area contributed by atoms with Crippen LogP contribution in [0.1, 0.15) is 11.1 Å². The third kappa shape index (κ3) is 4.62. The fraction of sp³-hybridized carbons (Fsp3) is 0.150. The molecule has 134 valence electrons. The maximum atomic E-state index is 6.20. The van der Waals surface area contributed by atoms with Gasteiger partial charge in [0, 0.05) is 28.9 Å². The third-order valence-corrected chi connectivity index (χ3v) is 4.99. The number of anilines is 2. The minimum atomic E-state index is 0.526. The van der Waals surface area contributed by atoms with E-state index in [4.69, 9.17) is 16.3 Å². The SMILES string of the molecule is CNc1ccc(Oc2ncc(C)cc2NSc2ccc(C)c(Cl)c2)cc1. The normalized spacial score (nSPS) is 10.5. The van der Waals surface area contributed by atoms with Gasteiger partial charge in [0.15, 0.2) is 0 Å². The molecule has 0 aliphatic carbocycles. The van der Waals surface area contributed by atoms with Gasteiger partial charge >= 0.3 is 0 Å². The Morgan fingerprint density at radius 2 is 1.81 bits per heavy atom. The van der Waals surface area contributed by atoms with Gasteiger partial charge in [0.2, 0.25) is 5.88 Å². The first-order valence-electron chi connectivity index (χ1n) is 8.16. The first kappa shape index (κ1) is 18.4. The van der Waals surface area contributed by atoms with Crippen LogP contribution >= 0.6 is 23.5 Å². The van der Waals surface area contributed by atoms with Gasteiger partial charge in [0.25, 0.3) is 0 Å². The lowest BCUT2D eigenvalue weighted by molar-refractivity contribution is 0.465. The van der Waals surface area contributed by atoms with E-state index >= 15 is 0 Å². The lowest BCUT2D eigenvalue weighted by Gasteiger charge is -2.13. The minimum absolute atomic E-state index is 0.526. The molecule has 0 bridgehead atoms. The molecule has 1 aromatic heterocycles. The van der Waals surface area contributed by atoms with Crippen molar-refractivity contribution in [2.45, 2.75) is 18.7 Å². The van der Waals surface area contributed by atoms with Crippen molar-refractivity contribution in [3.05, 3.63) is 70.9 Å². The van der Waals surface area contributed by atoms with Crippen molar-refractivity contribution in [3.63, 3.8) is 0 Å². The van der Waals surface area contributed by atoms with Crippen LogP contribution in [0.25, 0.3) is 0 Å². The van der Waals surface area contributed by atoms with Crippen molar-refractivity contribution in [2.75, 3.05) is 17.1 Å². The van der Waals surface area contributed by atoms with Crippen LogP contribution < -0.4 is 14.8 Å². The van der Waals surface area contributed by atoms with E-state index in [0.717, 1.165) is 38.2 Å². The van der Waals surface area contributed by atoms with Crippen molar-refractivity contribution in [3.8, 4) is 11.6 Å². The van der Waals surface area contributed by atoms with E-state index in [1.807, 2.05) is 69.4 Å². The Morgan fingerprint density at radius 1 is 1.04 bits per heavy atom. The number of nitrogens with zero attached hydrogens (tertiary/aromatic N) is 1. The van der Waals surface area contributed by atoms with Crippen molar-refractivity contribution in [2.24, 2.45) is 0 Å². The summed E-state index contributed by atoms with van der Waals surface area (Å²) in [5, 5.41) is 3.84. The topological polar surface area (TPSA) is 46.2 Å². The second-order valence-corrected chi connectivity index (χ2v) is 7.14. The van der Waals surface area contributed by atoms with E-state index in [1.165, 1.54) is 11.9 Å². The van der Waals surface area contributed by atoms with Crippen LogP contribution in [-0.4, -0.2) is 12.0 Å². The summed E-state index contributed by atoms with van der Waals surface area (Å²) in [6, 6.07) is 15.7. The molecule has 2 N–H and O–H groups in total. The smallest absolute Gasteiger partial charge is 0.243 e. The molecule has 0 saturated carbocycles. The van der Waals surface area contributed by atoms with Gasteiger partial charge in [-0.1, -0.05) is 17.7 Å². The second-order valence-electron chi connectivity index (χ2n) is 5.86. The van der Waals surface area contributed by atoms with Crippen LogP contribution in [-0.2, 0) is 0 Å². The molecule has 0 saturated heterocycles. The zero-order valence-electron chi connectivity index (χ0n) is 14.8. The molecule has 3 aromatic rings. The number of rotatable bonds is 6. The van der Waals surface area contributed by atoms with E-state index in [-0.39, 0.29) is 0 Å². The molecule has 2 aromatic carbocycles. The third-order valence-electron chi connectivity index (χ3n) is 3.77. The zero-order chi connectivity index (χ0) is 18.5. The predicted molar refractivity (Wildman–Crippen MR) is 111 cm³/mol. The van der Waals surface area contributed by atoms with Gasteiger partial charge in [-0.05, 0) is 79.4 Å². The van der Waals surface area contributed by atoms with E-state index in [9.17, 15) is 0 Å². The molecule has 0 amide bonds. The van der Waals surface area contributed by atoms with E-state index < -0.39 is 0 Å². The van der Waals surface area contributed by atoms with E-state index in [0.29, 0.717) is 5.88 Å². The molecule has 1 heterocycles. The van der Waals surface area contributed by atoms with E-state index in [1.54, 1.807) is 6.20 Å². The lowest BCUT2D eigenvalue weighted by atomic mass is 10.2. The van der Waals surface area contributed by atoms with Gasteiger partial charge in [-0.2, -0.15) is 0 Å². The molecule has 0 aliphatic heterocycles. The van der Waals surface area contributed by atoms with Crippen LogP contribution in [0.15, 0.2) is 59.6 Å². The summed E-state index contributed by atoms with van der Waals surface area (Å²) >= 11 is 7.67. The Bertz CT molecular complexity index is 900. The number of halogens is 1. The highest BCUT2D eigenvalue weighted by molar-refractivity contribution is 8.00. The van der Waals surface area contributed by atoms with Crippen molar-refractivity contribution in [1.29, 1.82) is 0 Å². The number of aromatic nitrogens is 1. The highest BCUT2D eigenvalue weighted by atomic mass is 35.5. The van der Waals surface area contributed by atoms with Gasteiger partial charge in [0.1, 0.15) is 11.4 Å². The van der Waals surface area contributed by atoms with Crippen molar-refractivity contribution >= 4 is 34.9 Å². The Labute approximate surface area is 163 Å². The molecule has 4 nitrogen and oxygen atoms in total. The molecule has 0 fully saturated rings. The van der Waals surface area contributed by atoms with Gasteiger partial charge in [-0.3, -0.25) is 0 Å². The van der Waals surface area contributed by atoms with Crippen LogP contribution in [0.3, 0.4) is 0 Å². The number of nitrogens with one attached hydrogen (secondary N) is 2. The summed E-state index contributed by atoms with van der Waals surface area (Å²) < 4.78 is 9.27. The molecule has 0 radical (unpaired) electrons. The number of ether oxygens (including phenoxy) is 1. The number of hydrogen-bond acceptors (Lipinski definition) is 5. The van der Waals surface area contributed by atoms with E-state index in [2.05, 4.69) is 15.0 Å². The molecule has 3 rings (SSSR count). The highest BCUT2D eigenvalue weighted by Crippen LogP contribution is 2.33. The van der Waals surface area contributed by atoms with Crippen molar-refractivity contribution in [1.82, 2.24) is 4.98 Å². The van der Waals surface area contributed by atoms with Crippen LogP contribution in [0, 0.1) is 13.8 Å². The maximum Gasteiger partial charge on any atom is 0.243 e. The molecular weight excluding hydrogens is 366 g/mol. The minimum Gasteiger partial charge on any atom is -0.437 e. The summed E-state index contributed by atoms with van der Waals surface area (Å²) in [5.41, 5.74) is 3.94. The molecule has 0 spiro atoms. The molecule has 26 heavy (non-hydrogen) atoms. The lowest BCUT2D eigenvalue weighted by Crippen LogP contribution is -1.96.